The highest BCUT2D eigenvalue weighted by molar-refractivity contribution is 8.11. The number of nitrogens with zero attached hydrogens (tertiary/aromatic N) is 1. The smallest absolute Gasteiger partial charge is 0.195 e. The van der Waals surface area contributed by atoms with E-state index >= 15 is 0 Å². The van der Waals surface area contributed by atoms with Gasteiger partial charge in [-0.05, 0) is 18.1 Å². The maximum Gasteiger partial charge on any atom is 0.300 e. The summed E-state index contributed by atoms with van der Waals surface area (Å²) in [5.41, 5.74) is 1.81. The van der Waals surface area contributed by atoms with Gasteiger partial charge in [0, 0.05) is 23.3 Å². The molecule has 20 heavy (non-hydrogen) atoms. The van der Waals surface area contributed by atoms with Crippen LogP contribution < -0.4 is 0 Å². The molecule has 0 aliphatic carbocycles. The third-order valence-electron chi connectivity index (χ3n) is 3.18. The van der Waals surface area contributed by atoms with Crippen LogP contribution >= 0.6 is 10.7 Å². The van der Waals surface area contributed by atoms with E-state index in [1.807, 2.05) is 67.6 Å². The zero-order chi connectivity index (χ0) is 14.6. The van der Waals surface area contributed by atoms with Crippen molar-refractivity contribution in [3.05, 3.63) is 71.8 Å². The average Bonchev–Trinajstić information content (AvgIpc) is 2.45. The predicted molar refractivity (Wildman–Crippen MR) is 81.6 cm³/mol. The van der Waals surface area contributed by atoms with E-state index in [-0.39, 0.29) is 12.6 Å². The quantitative estimate of drug-likeness (QED) is 0.789. The van der Waals surface area contributed by atoms with Crippen molar-refractivity contribution in [3.63, 3.8) is 0 Å². The maximum atomic E-state index is 11.8. The molecule has 0 aliphatic heterocycles. The molecule has 0 aromatic heterocycles. The Labute approximate surface area is 124 Å². The van der Waals surface area contributed by atoms with Gasteiger partial charge in [0.25, 0.3) is 0 Å². The fourth-order valence-corrected chi connectivity index (χ4v) is 3.37. The maximum absolute atomic E-state index is 11.8. The monoisotopic (exact) mass is 309 g/mol. The summed E-state index contributed by atoms with van der Waals surface area (Å²) in [5, 5.41) is 0. The molecule has 0 saturated heterocycles. The minimum absolute atomic E-state index is 0.253. The fraction of sp³-hybridized carbons (Fsp3) is 0.200. The first kappa shape index (κ1) is 15.0. The van der Waals surface area contributed by atoms with Gasteiger partial charge < -0.3 is 0 Å². The molecule has 5 heteroatoms. The lowest BCUT2D eigenvalue weighted by atomic mass is 10.1. The molecule has 0 N–H and O–H groups in total. The van der Waals surface area contributed by atoms with E-state index in [2.05, 4.69) is 0 Å². The highest BCUT2D eigenvalue weighted by Crippen LogP contribution is 2.27. The molecule has 2 aromatic rings. The highest BCUT2D eigenvalue weighted by atomic mass is 35.7. The first-order chi connectivity index (χ1) is 9.48. The lowest BCUT2D eigenvalue weighted by molar-refractivity contribution is 0.344. The van der Waals surface area contributed by atoms with Gasteiger partial charge >= 0.3 is 9.24 Å². The Kier molecular flexibility index (Phi) is 4.81. The Morgan fingerprint density at radius 1 is 1.00 bits per heavy atom. The first-order valence-corrected chi connectivity index (χ1v) is 8.55. The minimum Gasteiger partial charge on any atom is -0.195 e. The Balaban J connectivity index is 2.30. The number of hydrogen-bond donors (Lipinski definition) is 0. The topological polar surface area (TPSA) is 37.4 Å². The molecule has 0 spiro atoms. The van der Waals surface area contributed by atoms with E-state index in [1.165, 1.54) is 4.31 Å². The van der Waals surface area contributed by atoms with Crippen LogP contribution in [-0.4, -0.2) is 12.7 Å². The molecule has 1 atom stereocenters. The third-order valence-corrected chi connectivity index (χ3v) is 4.71. The van der Waals surface area contributed by atoms with Crippen molar-refractivity contribution >= 4 is 19.9 Å². The molecule has 2 rings (SSSR count). The van der Waals surface area contributed by atoms with Crippen molar-refractivity contribution < 1.29 is 8.42 Å². The molecular formula is C15H16ClNO2S. The summed E-state index contributed by atoms with van der Waals surface area (Å²) >= 11 is 0. The molecule has 0 bridgehead atoms. The Hall–Kier alpha value is -1.36. The Morgan fingerprint density at radius 2 is 1.50 bits per heavy atom. The van der Waals surface area contributed by atoms with E-state index in [0.717, 1.165) is 11.1 Å². The van der Waals surface area contributed by atoms with Crippen molar-refractivity contribution in [2.75, 3.05) is 0 Å². The van der Waals surface area contributed by atoms with Crippen LogP contribution in [0.2, 0.25) is 0 Å². The van der Waals surface area contributed by atoms with Gasteiger partial charge in [-0.25, -0.2) is 0 Å². The van der Waals surface area contributed by atoms with Crippen LogP contribution in [0.5, 0.6) is 0 Å². The fourth-order valence-electron chi connectivity index (χ4n) is 2.06. The zero-order valence-corrected chi connectivity index (χ0v) is 12.7. The van der Waals surface area contributed by atoms with E-state index < -0.39 is 9.24 Å². The van der Waals surface area contributed by atoms with Gasteiger partial charge in [-0.2, -0.15) is 12.7 Å². The van der Waals surface area contributed by atoms with Crippen LogP contribution in [0.15, 0.2) is 60.7 Å². The van der Waals surface area contributed by atoms with Gasteiger partial charge in [0.2, 0.25) is 0 Å². The van der Waals surface area contributed by atoms with Gasteiger partial charge in [0.1, 0.15) is 0 Å². The molecular weight excluding hydrogens is 294 g/mol. The van der Waals surface area contributed by atoms with Gasteiger partial charge in [0.05, 0.1) is 0 Å². The molecule has 0 radical (unpaired) electrons. The largest absolute Gasteiger partial charge is 0.300 e. The molecule has 0 unspecified atom stereocenters. The van der Waals surface area contributed by atoms with Crippen LogP contribution in [0.3, 0.4) is 0 Å². The second kappa shape index (κ2) is 6.39. The molecule has 0 amide bonds. The molecule has 3 nitrogen and oxygen atoms in total. The summed E-state index contributed by atoms with van der Waals surface area (Å²) < 4.78 is 25.0. The number of halogens is 1. The van der Waals surface area contributed by atoms with E-state index in [0.29, 0.717) is 0 Å². The van der Waals surface area contributed by atoms with Crippen LogP contribution in [0.1, 0.15) is 24.1 Å². The Morgan fingerprint density at radius 3 is 2.00 bits per heavy atom. The summed E-state index contributed by atoms with van der Waals surface area (Å²) in [7, 11) is 1.79. The van der Waals surface area contributed by atoms with Crippen LogP contribution in [0, 0.1) is 0 Å². The van der Waals surface area contributed by atoms with E-state index in [4.69, 9.17) is 10.7 Å². The molecule has 0 fully saturated rings. The van der Waals surface area contributed by atoms with Crippen LogP contribution in [0.25, 0.3) is 0 Å². The molecule has 0 heterocycles. The summed E-state index contributed by atoms with van der Waals surface area (Å²) in [6.45, 7) is 2.08. The van der Waals surface area contributed by atoms with Gasteiger partial charge in [0.15, 0.2) is 0 Å². The molecule has 106 valence electrons. The van der Waals surface area contributed by atoms with Crippen molar-refractivity contribution in [2.45, 2.75) is 19.5 Å². The summed E-state index contributed by atoms with van der Waals surface area (Å²) in [4.78, 5) is 0. The van der Waals surface area contributed by atoms with Crippen LogP contribution in [0.4, 0.5) is 0 Å². The van der Waals surface area contributed by atoms with Crippen LogP contribution in [-0.2, 0) is 15.8 Å². The molecule has 0 saturated carbocycles. The van der Waals surface area contributed by atoms with Gasteiger partial charge in [-0.1, -0.05) is 60.7 Å². The number of rotatable bonds is 5. The van der Waals surface area contributed by atoms with E-state index in [9.17, 15) is 8.42 Å². The Bertz CT molecular complexity index is 644. The van der Waals surface area contributed by atoms with Crippen molar-refractivity contribution in [2.24, 2.45) is 0 Å². The summed E-state index contributed by atoms with van der Waals surface area (Å²) in [6, 6.07) is 18.5. The number of benzene rings is 2. The predicted octanol–water partition coefficient (Wildman–Crippen LogP) is 3.73. The van der Waals surface area contributed by atoms with Crippen molar-refractivity contribution in [3.8, 4) is 0 Å². The highest BCUT2D eigenvalue weighted by Gasteiger charge is 2.26. The lowest BCUT2D eigenvalue weighted by Gasteiger charge is -2.26. The van der Waals surface area contributed by atoms with Crippen molar-refractivity contribution in [1.29, 1.82) is 0 Å². The van der Waals surface area contributed by atoms with Gasteiger partial charge in [-0.3, -0.25) is 0 Å². The normalized spacial score (nSPS) is 13.3. The summed E-state index contributed by atoms with van der Waals surface area (Å²) in [6.07, 6.45) is 0. The minimum atomic E-state index is -3.80. The molecule has 0 aliphatic rings. The molecule has 2 aromatic carbocycles. The summed E-state index contributed by atoms with van der Waals surface area (Å²) in [5.74, 6) is 0. The number of hydrogen-bond acceptors (Lipinski definition) is 2. The third kappa shape index (κ3) is 3.82. The second-order valence-electron chi connectivity index (χ2n) is 4.56. The first-order valence-electron chi connectivity index (χ1n) is 6.29. The zero-order valence-electron chi connectivity index (χ0n) is 11.1. The lowest BCUT2D eigenvalue weighted by Crippen LogP contribution is -2.29. The van der Waals surface area contributed by atoms with Crippen molar-refractivity contribution in [1.82, 2.24) is 4.31 Å². The standard InChI is InChI=1S/C15H16ClNO2S/c1-13(15-10-6-3-7-11-15)17(20(16,18)19)12-14-8-4-2-5-9-14/h2-11,13H,12H2,1H3/t13-/m0/s1. The second-order valence-corrected chi connectivity index (χ2v) is 7.02. The average molecular weight is 310 g/mol. The van der Waals surface area contributed by atoms with Gasteiger partial charge in [-0.15, -0.1) is 0 Å². The SMILES string of the molecule is C[C@@H](c1ccccc1)N(Cc1ccccc1)S(=O)(=O)Cl. The van der Waals surface area contributed by atoms with E-state index in [1.54, 1.807) is 0 Å².